The van der Waals surface area contributed by atoms with Crippen LogP contribution in [0.25, 0.3) is 0 Å². The number of piperidine rings is 2. The predicted octanol–water partition coefficient (Wildman–Crippen LogP) is 0.532. The first-order chi connectivity index (χ1) is 16.9. The molecule has 0 aromatic carbocycles. The van der Waals surface area contributed by atoms with E-state index in [4.69, 9.17) is 21.1 Å². The van der Waals surface area contributed by atoms with E-state index in [-0.39, 0.29) is 58.6 Å². The van der Waals surface area contributed by atoms with Gasteiger partial charge in [-0.05, 0) is 44.4 Å². The van der Waals surface area contributed by atoms with E-state index in [0.717, 1.165) is 38.8 Å². The van der Waals surface area contributed by atoms with Crippen LogP contribution in [0.15, 0.2) is 0 Å². The summed E-state index contributed by atoms with van der Waals surface area (Å²) in [7, 11) is 1.75. The third-order valence-electron chi connectivity index (χ3n) is 8.55. The summed E-state index contributed by atoms with van der Waals surface area (Å²) in [5.41, 5.74) is -0.211. The lowest BCUT2D eigenvalue weighted by molar-refractivity contribution is -0.138. The Kier molecular flexibility index (Phi) is 8.48. The number of rotatable bonds is 5. The van der Waals surface area contributed by atoms with Crippen LogP contribution in [0.5, 0.6) is 0 Å². The summed E-state index contributed by atoms with van der Waals surface area (Å²) in [5, 5.41) is 13.9. The maximum Gasteiger partial charge on any atom is 0.228 e. The van der Waals surface area contributed by atoms with Crippen molar-refractivity contribution < 1.29 is 19.1 Å². The van der Waals surface area contributed by atoms with Gasteiger partial charge in [-0.3, -0.25) is 20.2 Å². The number of nitrogens with zero attached hydrogens (tertiary/aromatic N) is 1. The first kappa shape index (κ1) is 26.0. The number of nitrogens with one attached hydrogen (secondary N) is 4. The van der Waals surface area contributed by atoms with E-state index in [9.17, 15) is 9.59 Å². The number of carbonyl (C=O) groups is 2. The number of methoxy groups -OCH3 is 1. The number of fused-ring (bicyclic) bond motifs is 1. The molecule has 11 heteroatoms. The van der Waals surface area contributed by atoms with Gasteiger partial charge in [-0.25, -0.2) is 0 Å². The fourth-order valence-electron chi connectivity index (χ4n) is 6.64. The number of halogens is 1. The molecule has 0 aliphatic carbocycles. The van der Waals surface area contributed by atoms with Gasteiger partial charge in [0.1, 0.15) is 5.50 Å². The molecule has 9 unspecified atom stereocenters. The number of carbonyl (C=O) groups excluding carboxylic acids is 2. The molecule has 9 nitrogen and oxygen atoms in total. The summed E-state index contributed by atoms with van der Waals surface area (Å²) in [4.78, 5) is 28.4. The fraction of sp³-hybridized carbons (Fsp3) is 0.917. The van der Waals surface area contributed by atoms with Crippen molar-refractivity contribution in [2.45, 2.75) is 67.0 Å². The molecule has 0 aromatic heterocycles. The Morgan fingerprint density at radius 1 is 1.17 bits per heavy atom. The zero-order valence-electron chi connectivity index (χ0n) is 20.7. The molecule has 2 amide bonds. The first-order valence-electron chi connectivity index (χ1n) is 13.1. The highest BCUT2D eigenvalue weighted by atomic mass is 35.5. The Morgan fingerprint density at radius 2 is 2.03 bits per heavy atom. The Labute approximate surface area is 217 Å². The molecule has 0 bridgehead atoms. The van der Waals surface area contributed by atoms with E-state index in [1.54, 1.807) is 18.9 Å². The third kappa shape index (κ3) is 5.78. The third-order valence-corrected chi connectivity index (χ3v) is 10.2. The standard InChI is InChI=1S/C24H40ClN5O4S/c1-13-6-15(16-7-21(25)27-9-19(16)33-2)17(8-26-13)22(31)29-24-28-18-10-30(11-20(18)35-24)23(32)14-4-3-5-34-12-14/h13-21,24,26-28H,3-12H2,1-2H3,(H,29,31)/t13?,14-,15?,16?,17?,18?,19?,20?,21?,24?/m1/s1. The van der Waals surface area contributed by atoms with E-state index >= 15 is 0 Å². The number of likely N-dealkylation sites (tertiary alicyclic amines) is 1. The summed E-state index contributed by atoms with van der Waals surface area (Å²) in [5.74, 6) is 0.653. The molecular weight excluding hydrogens is 490 g/mol. The molecule has 5 aliphatic heterocycles. The summed E-state index contributed by atoms with van der Waals surface area (Å²) >= 11 is 8.20. The Hall–Kier alpha value is -0.620. The van der Waals surface area contributed by atoms with Gasteiger partial charge in [0, 0.05) is 57.2 Å². The summed E-state index contributed by atoms with van der Waals surface area (Å²) in [6, 6.07) is 0.569. The van der Waals surface area contributed by atoms with Gasteiger partial charge in [-0.2, -0.15) is 0 Å². The van der Waals surface area contributed by atoms with Crippen molar-refractivity contribution in [3.8, 4) is 0 Å². The monoisotopic (exact) mass is 529 g/mol. The summed E-state index contributed by atoms with van der Waals surface area (Å²) in [6.45, 7) is 6.31. The Balaban J connectivity index is 1.16. The lowest BCUT2D eigenvalue weighted by atomic mass is 9.70. The summed E-state index contributed by atoms with van der Waals surface area (Å²) < 4.78 is 11.3. The first-order valence-corrected chi connectivity index (χ1v) is 14.5. The second-order valence-electron chi connectivity index (χ2n) is 10.9. The van der Waals surface area contributed by atoms with Crippen LogP contribution in [0.2, 0.25) is 0 Å². The van der Waals surface area contributed by atoms with Crippen LogP contribution in [0.4, 0.5) is 0 Å². The molecule has 5 saturated heterocycles. The number of hydrogen-bond acceptors (Lipinski definition) is 8. The molecule has 4 N–H and O–H groups in total. The maximum absolute atomic E-state index is 13.5. The van der Waals surface area contributed by atoms with Gasteiger partial charge in [0.2, 0.25) is 11.8 Å². The number of thioether (sulfide) groups is 1. The van der Waals surface area contributed by atoms with Crippen molar-refractivity contribution in [1.82, 2.24) is 26.2 Å². The molecule has 0 aromatic rings. The van der Waals surface area contributed by atoms with Crippen molar-refractivity contribution >= 4 is 35.2 Å². The molecule has 0 spiro atoms. The molecular formula is C24H40ClN5O4S. The highest BCUT2D eigenvalue weighted by Gasteiger charge is 2.47. The molecule has 5 rings (SSSR count). The van der Waals surface area contributed by atoms with Crippen LogP contribution in [0, 0.1) is 23.7 Å². The molecule has 35 heavy (non-hydrogen) atoms. The van der Waals surface area contributed by atoms with Crippen molar-refractivity contribution in [3.05, 3.63) is 0 Å². The molecule has 0 radical (unpaired) electrons. The second kappa shape index (κ2) is 11.4. The number of hydrogen-bond donors (Lipinski definition) is 4. The van der Waals surface area contributed by atoms with Gasteiger partial charge in [-0.15, -0.1) is 23.4 Å². The molecule has 5 fully saturated rings. The number of ether oxygens (including phenoxy) is 2. The predicted molar refractivity (Wildman–Crippen MR) is 136 cm³/mol. The zero-order valence-corrected chi connectivity index (χ0v) is 22.3. The van der Waals surface area contributed by atoms with E-state index in [2.05, 4.69) is 28.2 Å². The highest BCUT2D eigenvalue weighted by molar-refractivity contribution is 8.00. The normalized spacial score (nSPS) is 44.1. The fourth-order valence-corrected chi connectivity index (χ4v) is 8.34. The van der Waals surface area contributed by atoms with Crippen molar-refractivity contribution in [1.29, 1.82) is 0 Å². The van der Waals surface area contributed by atoms with Crippen LogP contribution in [0.1, 0.15) is 32.6 Å². The Bertz CT molecular complexity index is 760. The van der Waals surface area contributed by atoms with Gasteiger partial charge in [0.15, 0.2) is 0 Å². The highest BCUT2D eigenvalue weighted by Crippen LogP contribution is 2.38. The smallest absolute Gasteiger partial charge is 0.228 e. The van der Waals surface area contributed by atoms with Crippen molar-refractivity contribution in [2.24, 2.45) is 23.7 Å². The minimum atomic E-state index is -0.125. The van der Waals surface area contributed by atoms with Crippen LogP contribution in [-0.4, -0.2) is 97.7 Å². The van der Waals surface area contributed by atoms with Gasteiger partial charge in [-0.1, -0.05) is 0 Å². The lowest BCUT2D eigenvalue weighted by Crippen LogP contribution is -2.57. The van der Waals surface area contributed by atoms with E-state index in [1.807, 2.05) is 4.90 Å². The van der Waals surface area contributed by atoms with Gasteiger partial charge in [0.25, 0.3) is 0 Å². The molecule has 5 heterocycles. The number of amides is 2. The van der Waals surface area contributed by atoms with E-state index in [0.29, 0.717) is 37.5 Å². The van der Waals surface area contributed by atoms with E-state index < -0.39 is 0 Å². The quantitative estimate of drug-likeness (QED) is 0.302. The largest absolute Gasteiger partial charge is 0.381 e. The maximum atomic E-state index is 13.5. The van der Waals surface area contributed by atoms with E-state index in [1.165, 1.54) is 0 Å². The molecule has 10 atom stereocenters. The molecule has 5 aliphatic rings. The summed E-state index contributed by atoms with van der Waals surface area (Å²) in [6.07, 6.45) is 3.68. The van der Waals surface area contributed by atoms with Crippen LogP contribution < -0.4 is 21.3 Å². The van der Waals surface area contributed by atoms with Gasteiger partial charge >= 0.3 is 0 Å². The van der Waals surface area contributed by atoms with Gasteiger partial charge < -0.3 is 25.0 Å². The minimum absolute atomic E-state index is 0.000276. The average Bonchev–Trinajstić information content (AvgIpc) is 3.42. The molecule has 198 valence electrons. The van der Waals surface area contributed by atoms with Crippen molar-refractivity contribution in [2.75, 3.05) is 46.5 Å². The molecule has 0 saturated carbocycles. The van der Waals surface area contributed by atoms with Crippen LogP contribution >= 0.6 is 23.4 Å². The van der Waals surface area contributed by atoms with Crippen LogP contribution in [0.3, 0.4) is 0 Å². The minimum Gasteiger partial charge on any atom is -0.381 e. The average molecular weight is 530 g/mol. The Morgan fingerprint density at radius 3 is 2.77 bits per heavy atom. The second-order valence-corrected chi connectivity index (χ2v) is 12.7. The zero-order chi connectivity index (χ0) is 24.5. The SMILES string of the molecule is COC1CNC(Cl)CC1C1CC(C)NCC1C(=O)NC1NC2CN(C(=O)[C@@H]3CCCOC3)CC2S1. The van der Waals surface area contributed by atoms with Crippen LogP contribution in [-0.2, 0) is 19.1 Å². The topological polar surface area (TPSA) is 104 Å². The lowest BCUT2D eigenvalue weighted by Gasteiger charge is -2.45. The number of alkyl halides is 1. The van der Waals surface area contributed by atoms with Crippen molar-refractivity contribution in [3.63, 3.8) is 0 Å². The van der Waals surface area contributed by atoms with Gasteiger partial charge in [0.05, 0.1) is 30.0 Å².